The quantitative estimate of drug-likeness (QED) is 0.562. The number of rotatable bonds is 2. The van der Waals surface area contributed by atoms with Crippen LogP contribution in [0, 0.1) is 0 Å². The lowest BCUT2D eigenvalue weighted by molar-refractivity contribution is -0.122. The zero-order valence-electron chi connectivity index (χ0n) is 9.67. The van der Waals surface area contributed by atoms with Gasteiger partial charge in [-0.15, -0.1) is 0 Å². The van der Waals surface area contributed by atoms with Crippen LogP contribution in [0.5, 0.6) is 0 Å². The monoisotopic (exact) mass is 227 g/mol. The van der Waals surface area contributed by atoms with Crippen LogP contribution in [0.15, 0.2) is 0 Å². The Kier molecular flexibility index (Phi) is 3.78. The smallest absolute Gasteiger partial charge is 0.234 e. The average Bonchev–Trinajstić information content (AvgIpc) is 2.43. The van der Waals surface area contributed by atoms with Crippen LogP contribution in [0.25, 0.3) is 0 Å². The van der Waals surface area contributed by atoms with E-state index < -0.39 is 5.60 Å². The van der Waals surface area contributed by atoms with Crippen molar-refractivity contribution in [1.82, 2.24) is 15.5 Å². The Morgan fingerprint density at radius 2 is 2.06 bits per heavy atom. The molecule has 0 aromatic heterocycles. The summed E-state index contributed by atoms with van der Waals surface area (Å²) in [5.74, 6) is 0.0787. The van der Waals surface area contributed by atoms with E-state index in [1.807, 2.05) is 0 Å². The Labute approximate surface area is 96.2 Å². The molecule has 2 saturated heterocycles. The van der Waals surface area contributed by atoms with Crippen LogP contribution in [0.3, 0.4) is 0 Å². The fourth-order valence-electron chi connectivity index (χ4n) is 2.47. The number of carbonyl (C=O) groups is 1. The Hall–Kier alpha value is -0.650. The minimum Gasteiger partial charge on any atom is -0.388 e. The van der Waals surface area contributed by atoms with Gasteiger partial charge in [0.25, 0.3) is 0 Å². The van der Waals surface area contributed by atoms with Crippen molar-refractivity contribution in [2.24, 2.45) is 0 Å². The maximum Gasteiger partial charge on any atom is 0.234 e. The second-order valence-electron chi connectivity index (χ2n) is 4.89. The van der Waals surface area contributed by atoms with E-state index in [9.17, 15) is 9.90 Å². The van der Waals surface area contributed by atoms with Gasteiger partial charge in [0, 0.05) is 19.6 Å². The largest absolute Gasteiger partial charge is 0.388 e. The van der Waals surface area contributed by atoms with E-state index in [0.717, 1.165) is 45.4 Å². The summed E-state index contributed by atoms with van der Waals surface area (Å²) in [7, 11) is 0. The van der Waals surface area contributed by atoms with Crippen LogP contribution in [0.4, 0.5) is 0 Å². The molecule has 0 saturated carbocycles. The molecule has 0 unspecified atom stereocenters. The summed E-state index contributed by atoms with van der Waals surface area (Å²) in [6, 6.07) is 0. The molecule has 0 aromatic rings. The third-order valence-electron chi connectivity index (χ3n) is 3.39. The van der Waals surface area contributed by atoms with E-state index in [2.05, 4.69) is 15.5 Å². The summed E-state index contributed by atoms with van der Waals surface area (Å²) in [4.78, 5) is 13.5. The van der Waals surface area contributed by atoms with Gasteiger partial charge in [-0.3, -0.25) is 9.69 Å². The highest BCUT2D eigenvalue weighted by Gasteiger charge is 2.32. The average molecular weight is 227 g/mol. The fourth-order valence-corrected chi connectivity index (χ4v) is 2.47. The number of carbonyl (C=O) groups excluding carboxylic acids is 1. The first-order valence-corrected chi connectivity index (χ1v) is 6.10. The Bertz CT molecular complexity index is 252. The van der Waals surface area contributed by atoms with Crippen molar-refractivity contribution in [3.63, 3.8) is 0 Å². The third-order valence-corrected chi connectivity index (χ3v) is 3.39. The number of nitrogens with zero attached hydrogens (tertiary/aromatic N) is 1. The molecule has 0 atom stereocenters. The molecule has 92 valence electrons. The van der Waals surface area contributed by atoms with Gasteiger partial charge >= 0.3 is 0 Å². The van der Waals surface area contributed by atoms with E-state index in [1.165, 1.54) is 0 Å². The van der Waals surface area contributed by atoms with Crippen LogP contribution in [0.2, 0.25) is 0 Å². The first kappa shape index (κ1) is 11.8. The van der Waals surface area contributed by atoms with Gasteiger partial charge in [0.05, 0.1) is 12.1 Å². The predicted octanol–water partition coefficient (Wildman–Crippen LogP) is -1.08. The van der Waals surface area contributed by atoms with E-state index >= 15 is 0 Å². The molecule has 2 aliphatic heterocycles. The summed E-state index contributed by atoms with van der Waals surface area (Å²) in [6.45, 7) is 4.45. The SMILES string of the molecule is O=C1CN(CC2(O)CCNCC2)CCCN1. The van der Waals surface area contributed by atoms with Gasteiger partial charge in [-0.05, 0) is 32.4 Å². The summed E-state index contributed by atoms with van der Waals surface area (Å²) in [5, 5.41) is 16.5. The zero-order chi connectivity index (χ0) is 11.4. The molecule has 5 nitrogen and oxygen atoms in total. The molecule has 0 spiro atoms. The predicted molar refractivity (Wildman–Crippen MR) is 61.1 cm³/mol. The normalized spacial score (nSPS) is 27.2. The molecule has 2 fully saturated rings. The summed E-state index contributed by atoms with van der Waals surface area (Å²) in [5.41, 5.74) is -0.601. The number of amides is 1. The highest BCUT2D eigenvalue weighted by Crippen LogP contribution is 2.19. The lowest BCUT2D eigenvalue weighted by Gasteiger charge is -2.36. The molecular formula is C11H21N3O2. The molecule has 16 heavy (non-hydrogen) atoms. The van der Waals surface area contributed by atoms with Crippen molar-refractivity contribution in [2.45, 2.75) is 24.9 Å². The van der Waals surface area contributed by atoms with Gasteiger partial charge in [0.15, 0.2) is 0 Å². The minimum absolute atomic E-state index is 0.0787. The van der Waals surface area contributed by atoms with E-state index in [0.29, 0.717) is 13.1 Å². The van der Waals surface area contributed by atoms with Crippen molar-refractivity contribution < 1.29 is 9.90 Å². The maximum atomic E-state index is 11.4. The number of hydrogen-bond donors (Lipinski definition) is 3. The van der Waals surface area contributed by atoms with Gasteiger partial charge in [0.1, 0.15) is 0 Å². The molecule has 3 N–H and O–H groups in total. The number of piperidine rings is 1. The van der Waals surface area contributed by atoms with Gasteiger partial charge in [0.2, 0.25) is 5.91 Å². The summed E-state index contributed by atoms with van der Waals surface area (Å²) >= 11 is 0. The molecule has 5 heteroatoms. The minimum atomic E-state index is -0.601. The van der Waals surface area contributed by atoms with Crippen LogP contribution in [-0.2, 0) is 4.79 Å². The van der Waals surface area contributed by atoms with Crippen LogP contribution in [0.1, 0.15) is 19.3 Å². The van der Waals surface area contributed by atoms with Crippen LogP contribution >= 0.6 is 0 Å². The third kappa shape index (κ3) is 3.17. The van der Waals surface area contributed by atoms with Gasteiger partial charge in [-0.25, -0.2) is 0 Å². The zero-order valence-corrected chi connectivity index (χ0v) is 9.67. The Balaban J connectivity index is 1.88. The topological polar surface area (TPSA) is 64.6 Å². The molecule has 2 rings (SSSR count). The van der Waals surface area contributed by atoms with E-state index in [1.54, 1.807) is 0 Å². The number of nitrogens with one attached hydrogen (secondary N) is 2. The summed E-state index contributed by atoms with van der Waals surface area (Å²) < 4.78 is 0. The molecule has 0 aromatic carbocycles. The highest BCUT2D eigenvalue weighted by molar-refractivity contribution is 5.78. The van der Waals surface area contributed by atoms with Crippen molar-refractivity contribution in [2.75, 3.05) is 39.3 Å². The van der Waals surface area contributed by atoms with Crippen molar-refractivity contribution in [3.05, 3.63) is 0 Å². The Morgan fingerprint density at radius 3 is 2.81 bits per heavy atom. The standard InChI is InChI=1S/C11H21N3O2/c15-10-8-14(7-1-4-13-10)9-11(16)2-5-12-6-3-11/h12,16H,1-9H2,(H,13,15). The van der Waals surface area contributed by atoms with Gasteiger partial charge in [-0.2, -0.15) is 0 Å². The second kappa shape index (κ2) is 5.12. The van der Waals surface area contributed by atoms with Gasteiger partial charge < -0.3 is 15.7 Å². The first-order valence-electron chi connectivity index (χ1n) is 6.10. The van der Waals surface area contributed by atoms with Crippen LogP contribution in [-0.4, -0.2) is 60.8 Å². The molecule has 2 heterocycles. The van der Waals surface area contributed by atoms with Crippen molar-refractivity contribution in [3.8, 4) is 0 Å². The second-order valence-corrected chi connectivity index (χ2v) is 4.89. The first-order chi connectivity index (χ1) is 7.68. The Morgan fingerprint density at radius 1 is 1.31 bits per heavy atom. The fraction of sp³-hybridized carbons (Fsp3) is 0.909. The van der Waals surface area contributed by atoms with E-state index in [4.69, 9.17) is 0 Å². The number of aliphatic hydroxyl groups is 1. The molecule has 1 amide bonds. The molecule has 0 bridgehead atoms. The molecule has 0 radical (unpaired) electrons. The molecule has 0 aliphatic carbocycles. The van der Waals surface area contributed by atoms with Crippen molar-refractivity contribution >= 4 is 5.91 Å². The number of β-amino-alcohol motifs (C(OH)–C–C–N with tert-alkyl or cyclic N) is 1. The lowest BCUT2D eigenvalue weighted by Crippen LogP contribution is -2.50. The maximum absolute atomic E-state index is 11.4. The van der Waals surface area contributed by atoms with Crippen molar-refractivity contribution in [1.29, 1.82) is 0 Å². The van der Waals surface area contributed by atoms with Crippen LogP contribution < -0.4 is 10.6 Å². The lowest BCUT2D eigenvalue weighted by atomic mass is 9.92. The summed E-state index contributed by atoms with van der Waals surface area (Å²) in [6.07, 6.45) is 2.54. The van der Waals surface area contributed by atoms with Gasteiger partial charge in [-0.1, -0.05) is 0 Å². The number of hydrogen-bond acceptors (Lipinski definition) is 4. The highest BCUT2D eigenvalue weighted by atomic mass is 16.3. The van der Waals surface area contributed by atoms with E-state index in [-0.39, 0.29) is 5.91 Å². The molecular weight excluding hydrogens is 206 g/mol. The molecule has 2 aliphatic rings.